The molecule has 1 aromatic rings. The molecule has 2 rings (SSSR count). The van der Waals surface area contributed by atoms with Crippen molar-refractivity contribution < 1.29 is 32.2 Å². The molecule has 0 spiro atoms. The topological polar surface area (TPSA) is 44.8 Å². The van der Waals surface area contributed by atoms with Gasteiger partial charge in [-0.25, -0.2) is 0 Å². The summed E-state index contributed by atoms with van der Waals surface area (Å²) >= 11 is 0. The van der Waals surface area contributed by atoms with E-state index in [1.807, 2.05) is 30.3 Å². The van der Waals surface area contributed by atoms with Gasteiger partial charge in [0.05, 0.1) is 0 Å². The van der Waals surface area contributed by atoms with Crippen LogP contribution in [0.1, 0.15) is 32.8 Å². The SMILES string of the molecule is CC(=O)O[C@@H](CCc1ccccc1)[C@H]1OC(C)(C)O[C@H]1C(F)(F)F. The minimum absolute atomic E-state index is 0.209. The molecule has 0 aromatic heterocycles. The van der Waals surface area contributed by atoms with Crippen LogP contribution in [0.3, 0.4) is 0 Å². The molecule has 0 radical (unpaired) electrons. The third-order valence-electron chi connectivity index (χ3n) is 3.70. The number of hydrogen-bond donors (Lipinski definition) is 0. The fourth-order valence-corrected chi connectivity index (χ4v) is 2.77. The van der Waals surface area contributed by atoms with Crippen molar-refractivity contribution >= 4 is 5.97 Å². The van der Waals surface area contributed by atoms with E-state index in [0.29, 0.717) is 6.42 Å². The van der Waals surface area contributed by atoms with Gasteiger partial charge in [-0.15, -0.1) is 0 Å². The minimum Gasteiger partial charge on any atom is -0.460 e. The Bertz CT molecular complexity index is 557. The van der Waals surface area contributed by atoms with Gasteiger partial charge in [-0.05, 0) is 32.3 Å². The monoisotopic (exact) mass is 346 g/mol. The molecule has 24 heavy (non-hydrogen) atoms. The second-order valence-corrected chi connectivity index (χ2v) is 6.23. The first-order valence-corrected chi connectivity index (χ1v) is 7.72. The highest BCUT2D eigenvalue weighted by molar-refractivity contribution is 5.66. The van der Waals surface area contributed by atoms with Crippen LogP contribution in [-0.2, 0) is 25.4 Å². The zero-order valence-corrected chi connectivity index (χ0v) is 13.8. The Kier molecular flexibility index (Phi) is 5.55. The number of ether oxygens (including phenoxy) is 3. The quantitative estimate of drug-likeness (QED) is 0.764. The normalized spacial score (nSPS) is 24.6. The predicted octanol–water partition coefficient (Wildman–Crippen LogP) is 3.63. The lowest BCUT2D eigenvalue weighted by Crippen LogP contribution is -2.45. The Balaban J connectivity index is 2.17. The summed E-state index contributed by atoms with van der Waals surface area (Å²) in [7, 11) is 0. The Morgan fingerprint density at radius 2 is 1.88 bits per heavy atom. The standard InChI is InChI=1S/C17H21F3O4/c1-11(21)22-13(10-9-12-7-5-4-6-8-12)14-15(17(18,19)20)24-16(2,3)23-14/h4-8,13-15H,9-10H2,1-3H3/t13-,14+,15+/m0/s1. The number of alkyl halides is 3. The molecule has 0 amide bonds. The summed E-state index contributed by atoms with van der Waals surface area (Å²) in [6.45, 7) is 3.99. The summed E-state index contributed by atoms with van der Waals surface area (Å²) in [6, 6.07) is 9.26. The van der Waals surface area contributed by atoms with Crippen molar-refractivity contribution in [3.05, 3.63) is 35.9 Å². The van der Waals surface area contributed by atoms with E-state index in [4.69, 9.17) is 14.2 Å². The van der Waals surface area contributed by atoms with Gasteiger partial charge < -0.3 is 14.2 Å². The number of aryl methyl sites for hydroxylation is 1. The molecule has 1 heterocycles. The van der Waals surface area contributed by atoms with E-state index in [1.165, 1.54) is 20.8 Å². The van der Waals surface area contributed by atoms with Crippen LogP contribution in [0, 0.1) is 0 Å². The lowest BCUT2D eigenvalue weighted by Gasteiger charge is -2.27. The Hall–Kier alpha value is -1.60. The lowest BCUT2D eigenvalue weighted by molar-refractivity contribution is -0.235. The molecule has 1 aliphatic heterocycles. The largest absolute Gasteiger partial charge is 0.460 e. The molecule has 4 nitrogen and oxygen atoms in total. The molecular formula is C17H21F3O4. The van der Waals surface area contributed by atoms with Gasteiger partial charge >= 0.3 is 12.1 Å². The molecule has 1 aliphatic rings. The van der Waals surface area contributed by atoms with E-state index < -0.39 is 36.2 Å². The van der Waals surface area contributed by atoms with Crippen LogP contribution < -0.4 is 0 Å². The maximum absolute atomic E-state index is 13.3. The van der Waals surface area contributed by atoms with Crippen molar-refractivity contribution in [2.75, 3.05) is 0 Å². The molecule has 0 saturated carbocycles. The van der Waals surface area contributed by atoms with E-state index in [9.17, 15) is 18.0 Å². The molecule has 7 heteroatoms. The molecule has 0 bridgehead atoms. The molecule has 3 atom stereocenters. The molecule has 0 N–H and O–H groups in total. The first-order chi connectivity index (χ1) is 11.1. The Morgan fingerprint density at radius 3 is 2.42 bits per heavy atom. The summed E-state index contributed by atoms with van der Waals surface area (Å²) in [5.41, 5.74) is 0.941. The third-order valence-corrected chi connectivity index (χ3v) is 3.70. The number of rotatable bonds is 5. The average Bonchev–Trinajstić information content (AvgIpc) is 2.80. The van der Waals surface area contributed by atoms with Crippen LogP contribution in [0.25, 0.3) is 0 Å². The van der Waals surface area contributed by atoms with Crippen LogP contribution in [0.15, 0.2) is 30.3 Å². The van der Waals surface area contributed by atoms with Gasteiger partial charge in [-0.2, -0.15) is 13.2 Å². The maximum Gasteiger partial charge on any atom is 0.417 e. The second kappa shape index (κ2) is 7.11. The van der Waals surface area contributed by atoms with Crippen molar-refractivity contribution in [1.82, 2.24) is 0 Å². The van der Waals surface area contributed by atoms with Gasteiger partial charge in [0.2, 0.25) is 0 Å². The molecule has 0 unspecified atom stereocenters. The second-order valence-electron chi connectivity index (χ2n) is 6.23. The summed E-state index contributed by atoms with van der Waals surface area (Å²) in [6.07, 6.45) is -8.51. The highest BCUT2D eigenvalue weighted by Gasteiger charge is 2.58. The van der Waals surface area contributed by atoms with Crippen LogP contribution in [-0.4, -0.2) is 36.2 Å². The Labute approximate surface area is 138 Å². The zero-order chi connectivity index (χ0) is 18.0. The van der Waals surface area contributed by atoms with E-state index in [2.05, 4.69) is 0 Å². The van der Waals surface area contributed by atoms with Crippen molar-refractivity contribution in [3.63, 3.8) is 0 Å². The van der Waals surface area contributed by atoms with Crippen LogP contribution in [0.5, 0.6) is 0 Å². The molecule has 0 aliphatic carbocycles. The van der Waals surface area contributed by atoms with E-state index >= 15 is 0 Å². The number of esters is 1. The number of halogens is 3. The number of hydrogen-bond acceptors (Lipinski definition) is 4. The van der Waals surface area contributed by atoms with Gasteiger partial charge in [0.1, 0.15) is 12.2 Å². The van der Waals surface area contributed by atoms with Crippen molar-refractivity contribution in [1.29, 1.82) is 0 Å². The highest BCUT2D eigenvalue weighted by Crippen LogP contribution is 2.40. The fraction of sp³-hybridized carbons (Fsp3) is 0.588. The van der Waals surface area contributed by atoms with E-state index in [1.54, 1.807) is 0 Å². The molecular weight excluding hydrogens is 325 g/mol. The predicted molar refractivity (Wildman–Crippen MR) is 80.2 cm³/mol. The molecule has 1 aromatic carbocycles. The first-order valence-electron chi connectivity index (χ1n) is 7.72. The smallest absolute Gasteiger partial charge is 0.417 e. The van der Waals surface area contributed by atoms with Crippen LogP contribution in [0.4, 0.5) is 13.2 Å². The van der Waals surface area contributed by atoms with E-state index in [-0.39, 0.29) is 6.42 Å². The Morgan fingerprint density at radius 1 is 1.25 bits per heavy atom. The third kappa shape index (κ3) is 4.95. The van der Waals surface area contributed by atoms with Crippen molar-refractivity contribution in [3.8, 4) is 0 Å². The summed E-state index contributed by atoms with van der Waals surface area (Å²) < 4.78 is 55.4. The first kappa shape index (κ1) is 18.7. The minimum atomic E-state index is -4.61. The van der Waals surface area contributed by atoms with Crippen LogP contribution in [0.2, 0.25) is 0 Å². The number of carbonyl (C=O) groups is 1. The lowest BCUT2D eigenvalue weighted by atomic mass is 10.00. The fourth-order valence-electron chi connectivity index (χ4n) is 2.77. The van der Waals surface area contributed by atoms with Crippen molar-refractivity contribution in [2.45, 2.75) is 63.9 Å². The van der Waals surface area contributed by atoms with Gasteiger partial charge in [0.25, 0.3) is 0 Å². The summed E-state index contributed by atoms with van der Waals surface area (Å²) in [5, 5.41) is 0. The summed E-state index contributed by atoms with van der Waals surface area (Å²) in [5.74, 6) is -2.04. The zero-order valence-electron chi connectivity index (χ0n) is 13.8. The van der Waals surface area contributed by atoms with E-state index in [0.717, 1.165) is 5.56 Å². The number of benzene rings is 1. The van der Waals surface area contributed by atoms with Gasteiger partial charge in [0, 0.05) is 6.92 Å². The maximum atomic E-state index is 13.3. The average molecular weight is 346 g/mol. The molecule has 1 saturated heterocycles. The number of carbonyl (C=O) groups excluding carboxylic acids is 1. The van der Waals surface area contributed by atoms with Crippen LogP contribution >= 0.6 is 0 Å². The van der Waals surface area contributed by atoms with Gasteiger partial charge in [-0.3, -0.25) is 4.79 Å². The molecule has 1 fully saturated rings. The van der Waals surface area contributed by atoms with Gasteiger partial charge in [0.15, 0.2) is 11.9 Å². The van der Waals surface area contributed by atoms with Gasteiger partial charge in [-0.1, -0.05) is 30.3 Å². The van der Waals surface area contributed by atoms with Crippen molar-refractivity contribution in [2.24, 2.45) is 0 Å². The molecule has 134 valence electrons. The summed E-state index contributed by atoms with van der Waals surface area (Å²) in [4.78, 5) is 11.3. The highest BCUT2D eigenvalue weighted by atomic mass is 19.4.